The van der Waals surface area contributed by atoms with Crippen LogP contribution in [0.4, 0.5) is 0 Å². The highest BCUT2D eigenvalue weighted by molar-refractivity contribution is 7.11. The number of ketones is 1. The first-order chi connectivity index (χ1) is 10.8. The molecule has 0 saturated heterocycles. The minimum Gasteiger partial charge on any atom is -0.457 e. The predicted octanol–water partition coefficient (Wildman–Crippen LogP) is 4.83. The zero-order valence-corrected chi connectivity index (χ0v) is 12.5. The third-order valence-corrected chi connectivity index (χ3v) is 3.73. The maximum atomic E-state index is 11.9. The Labute approximate surface area is 132 Å². The minimum absolute atomic E-state index is 0.0446. The van der Waals surface area contributed by atoms with Crippen LogP contribution in [0.15, 0.2) is 72.4 Å². The molecule has 0 radical (unpaired) electrons. The molecule has 0 spiro atoms. The smallest absolute Gasteiger partial charge is 0.197 e. The van der Waals surface area contributed by atoms with E-state index in [-0.39, 0.29) is 5.78 Å². The highest BCUT2D eigenvalue weighted by atomic mass is 32.1. The zero-order chi connectivity index (χ0) is 15.2. The van der Waals surface area contributed by atoms with Gasteiger partial charge in [-0.3, -0.25) is 9.78 Å². The van der Waals surface area contributed by atoms with Gasteiger partial charge < -0.3 is 4.74 Å². The Bertz CT molecular complexity index is 780. The molecule has 3 aromatic rings. The van der Waals surface area contributed by atoms with Crippen LogP contribution in [-0.4, -0.2) is 10.8 Å². The molecule has 108 valence electrons. The number of rotatable bonds is 5. The second kappa shape index (κ2) is 6.83. The van der Waals surface area contributed by atoms with Crippen LogP contribution >= 0.6 is 11.3 Å². The topological polar surface area (TPSA) is 39.2 Å². The number of aromatic nitrogens is 1. The van der Waals surface area contributed by atoms with Crippen molar-refractivity contribution >= 4 is 23.2 Å². The van der Waals surface area contributed by atoms with Crippen LogP contribution in [0.1, 0.15) is 15.2 Å². The van der Waals surface area contributed by atoms with Crippen molar-refractivity contribution in [3.63, 3.8) is 0 Å². The van der Waals surface area contributed by atoms with E-state index in [0.717, 1.165) is 17.1 Å². The largest absolute Gasteiger partial charge is 0.457 e. The summed E-state index contributed by atoms with van der Waals surface area (Å²) in [5, 5.41) is 0. The molecule has 0 N–H and O–H groups in total. The normalized spacial score (nSPS) is 10.7. The molecule has 0 bridgehead atoms. The minimum atomic E-state index is -0.0446. The van der Waals surface area contributed by atoms with E-state index in [2.05, 4.69) is 4.98 Å². The maximum Gasteiger partial charge on any atom is 0.197 e. The molecular weight excluding hydrogens is 294 g/mol. The SMILES string of the molecule is O=C(/C=C/c1cccc(Oc2ccccc2)c1)c1cncs1. The number of allylic oxidation sites excluding steroid dienone is 1. The van der Waals surface area contributed by atoms with Gasteiger partial charge in [-0.05, 0) is 35.9 Å². The second-order valence-electron chi connectivity index (χ2n) is 4.55. The lowest BCUT2D eigenvalue weighted by atomic mass is 10.2. The number of ether oxygens (including phenoxy) is 1. The number of nitrogens with zero attached hydrogens (tertiary/aromatic N) is 1. The number of hydrogen-bond acceptors (Lipinski definition) is 4. The number of benzene rings is 2. The number of thiazole rings is 1. The Kier molecular flexibility index (Phi) is 4.41. The molecule has 0 amide bonds. The summed E-state index contributed by atoms with van der Waals surface area (Å²) in [4.78, 5) is 16.4. The highest BCUT2D eigenvalue weighted by Crippen LogP contribution is 2.22. The first kappa shape index (κ1) is 14.2. The molecule has 4 heteroatoms. The van der Waals surface area contributed by atoms with Crippen LogP contribution in [0.2, 0.25) is 0 Å². The fourth-order valence-corrected chi connectivity index (χ4v) is 2.44. The lowest BCUT2D eigenvalue weighted by Crippen LogP contribution is -1.89. The molecule has 0 fully saturated rings. The van der Waals surface area contributed by atoms with Gasteiger partial charge in [-0.2, -0.15) is 0 Å². The summed E-state index contributed by atoms with van der Waals surface area (Å²) in [5.74, 6) is 1.47. The summed E-state index contributed by atoms with van der Waals surface area (Å²) >= 11 is 1.33. The highest BCUT2D eigenvalue weighted by Gasteiger charge is 2.03. The van der Waals surface area contributed by atoms with E-state index in [1.54, 1.807) is 23.9 Å². The van der Waals surface area contributed by atoms with Crippen LogP contribution in [0.3, 0.4) is 0 Å². The molecule has 0 aliphatic heterocycles. The van der Waals surface area contributed by atoms with Crippen LogP contribution in [-0.2, 0) is 0 Å². The number of para-hydroxylation sites is 1. The summed E-state index contributed by atoms with van der Waals surface area (Å²) < 4.78 is 5.77. The second-order valence-corrected chi connectivity index (χ2v) is 5.44. The van der Waals surface area contributed by atoms with Crippen molar-refractivity contribution < 1.29 is 9.53 Å². The molecule has 0 atom stereocenters. The molecule has 3 rings (SSSR count). The van der Waals surface area contributed by atoms with Gasteiger partial charge in [0.15, 0.2) is 5.78 Å². The van der Waals surface area contributed by atoms with Crippen LogP contribution in [0, 0.1) is 0 Å². The molecule has 0 aliphatic carbocycles. The zero-order valence-electron chi connectivity index (χ0n) is 11.7. The molecule has 3 nitrogen and oxygen atoms in total. The molecule has 1 aromatic heterocycles. The van der Waals surface area contributed by atoms with Gasteiger partial charge in [-0.25, -0.2) is 0 Å². The summed E-state index contributed by atoms with van der Waals surface area (Å²) in [5.41, 5.74) is 2.56. The monoisotopic (exact) mass is 307 g/mol. The molecule has 0 aliphatic rings. The average molecular weight is 307 g/mol. The molecule has 1 heterocycles. The molecule has 0 saturated carbocycles. The Hall–Kier alpha value is -2.72. The number of hydrogen-bond donors (Lipinski definition) is 0. The van der Waals surface area contributed by atoms with Gasteiger partial charge in [0.05, 0.1) is 10.4 Å². The van der Waals surface area contributed by atoms with E-state index < -0.39 is 0 Å². The standard InChI is InChI=1S/C18H13NO2S/c20-17(18-12-19-13-22-18)10-9-14-5-4-8-16(11-14)21-15-6-2-1-3-7-15/h1-13H/b10-9+. The molecule has 2 aromatic carbocycles. The fraction of sp³-hybridized carbons (Fsp3) is 0. The van der Waals surface area contributed by atoms with Crippen LogP contribution < -0.4 is 4.74 Å². The van der Waals surface area contributed by atoms with Crippen molar-refractivity contribution in [2.45, 2.75) is 0 Å². The van der Waals surface area contributed by atoms with E-state index in [9.17, 15) is 4.79 Å². The van der Waals surface area contributed by atoms with E-state index in [1.807, 2.05) is 54.6 Å². The maximum absolute atomic E-state index is 11.9. The fourth-order valence-electron chi connectivity index (χ4n) is 1.90. The van der Waals surface area contributed by atoms with Gasteiger partial charge in [-0.15, -0.1) is 11.3 Å². The Balaban J connectivity index is 1.73. The predicted molar refractivity (Wildman–Crippen MR) is 88.4 cm³/mol. The Morgan fingerprint density at radius 3 is 2.64 bits per heavy atom. The van der Waals surface area contributed by atoms with Gasteiger partial charge in [0, 0.05) is 6.20 Å². The van der Waals surface area contributed by atoms with Crippen molar-refractivity contribution in [1.82, 2.24) is 4.98 Å². The van der Waals surface area contributed by atoms with E-state index in [0.29, 0.717) is 4.88 Å². The van der Waals surface area contributed by atoms with Gasteiger partial charge >= 0.3 is 0 Å². The van der Waals surface area contributed by atoms with Crippen LogP contribution in [0.25, 0.3) is 6.08 Å². The van der Waals surface area contributed by atoms with Crippen LogP contribution in [0.5, 0.6) is 11.5 Å². The average Bonchev–Trinajstić information content (AvgIpc) is 3.08. The number of carbonyl (C=O) groups is 1. The Morgan fingerprint density at radius 2 is 1.86 bits per heavy atom. The van der Waals surface area contributed by atoms with Crippen molar-refractivity contribution in [2.75, 3.05) is 0 Å². The first-order valence-electron chi connectivity index (χ1n) is 6.75. The van der Waals surface area contributed by atoms with E-state index in [4.69, 9.17) is 4.74 Å². The van der Waals surface area contributed by atoms with Crippen molar-refractivity contribution in [1.29, 1.82) is 0 Å². The van der Waals surface area contributed by atoms with Gasteiger partial charge in [0.1, 0.15) is 11.5 Å². The first-order valence-corrected chi connectivity index (χ1v) is 7.63. The lowest BCUT2D eigenvalue weighted by molar-refractivity contribution is 0.105. The number of carbonyl (C=O) groups excluding carboxylic acids is 1. The quantitative estimate of drug-likeness (QED) is 0.500. The Morgan fingerprint density at radius 1 is 1.05 bits per heavy atom. The van der Waals surface area contributed by atoms with Crippen molar-refractivity contribution in [3.05, 3.63) is 82.8 Å². The summed E-state index contributed by atoms with van der Waals surface area (Å²) in [6.07, 6.45) is 4.90. The lowest BCUT2D eigenvalue weighted by Gasteiger charge is -2.05. The molecular formula is C18H13NO2S. The summed E-state index contributed by atoms with van der Waals surface area (Å²) in [7, 11) is 0. The van der Waals surface area contributed by atoms with E-state index in [1.165, 1.54) is 11.3 Å². The molecule has 22 heavy (non-hydrogen) atoms. The van der Waals surface area contributed by atoms with E-state index >= 15 is 0 Å². The summed E-state index contributed by atoms with van der Waals surface area (Å²) in [6, 6.07) is 17.2. The van der Waals surface area contributed by atoms with Gasteiger partial charge in [-0.1, -0.05) is 36.4 Å². The third-order valence-electron chi connectivity index (χ3n) is 2.94. The van der Waals surface area contributed by atoms with Gasteiger partial charge in [0.25, 0.3) is 0 Å². The van der Waals surface area contributed by atoms with Crippen molar-refractivity contribution in [3.8, 4) is 11.5 Å². The van der Waals surface area contributed by atoms with Crippen molar-refractivity contribution in [2.24, 2.45) is 0 Å². The van der Waals surface area contributed by atoms with Gasteiger partial charge in [0.2, 0.25) is 0 Å². The molecule has 0 unspecified atom stereocenters. The third kappa shape index (κ3) is 3.68. The summed E-state index contributed by atoms with van der Waals surface area (Å²) in [6.45, 7) is 0.